The Bertz CT molecular complexity index is 627. The Morgan fingerprint density at radius 1 is 1.08 bits per heavy atom. The summed E-state index contributed by atoms with van der Waals surface area (Å²) in [5, 5.41) is 5.96. The molecule has 0 aliphatic carbocycles. The molecule has 5 heteroatoms. The van der Waals surface area contributed by atoms with Gasteiger partial charge in [0.05, 0.1) is 12.3 Å². The highest BCUT2D eigenvalue weighted by molar-refractivity contribution is 6.02. The fourth-order valence-corrected chi connectivity index (χ4v) is 3.43. The van der Waals surface area contributed by atoms with Crippen molar-refractivity contribution in [3.63, 3.8) is 0 Å². The Morgan fingerprint density at radius 3 is 2.58 bits per heavy atom. The van der Waals surface area contributed by atoms with E-state index in [1.807, 2.05) is 35.2 Å². The maximum absolute atomic E-state index is 12.3. The molecule has 5 nitrogen and oxygen atoms in total. The van der Waals surface area contributed by atoms with Gasteiger partial charge in [-0.15, -0.1) is 0 Å². The molecular formula is C19H25N3O2. The van der Waals surface area contributed by atoms with Crippen LogP contribution in [0, 0.1) is 0 Å². The van der Waals surface area contributed by atoms with Gasteiger partial charge >= 0.3 is 0 Å². The van der Waals surface area contributed by atoms with Crippen LogP contribution in [-0.2, 0) is 9.59 Å². The van der Waals surface area contributed by atoms with Gasteiger partial charge in [-0.1, -0.05) is 30.3 Å². The maximum atomic E-state index is 12.3. The molecule has 1 saturated heterocycles. The Morgan fingerprint density at radius 2 is 1.83 bits per heavy atom. The van der Waals surface area contributed by atoms with Crippen molar-refractivity contribution < 1.29 is 9.59 Å². The first kappa shape index (κ1) is 16.7. The molecule has 1 aromatic rings. The first-order chi connectivity index (χ1) is 11.6. The summed E-state index contributed by atoms with van der Waals surface area (Å²) in [6, 6.07) is 10.2. The SMILES string of the molecule is CC1CCCCN1C(=O)CCC(=O)N1CCC(c2ccccc2)=N1. The maximum Gasteiger partial charge on any atom is 0.243 e. The lowest BCUT2D eigenvalue weighted by atomic mass is 10.0. The molecule has 2 aliphatic rings. The predicted octanol–water partition coefficient (Wildman–Crippen LogP) is 2.80. The summed E-state index contributed by atoms with van der Waals surface area (Å²) in [6.07, 6.45) is 4.63. The fourth-order valence-electron chi connectivity index (χ4n) is 3.43. The Hall–Kier alpha value is -2.17. The monoisotopic (exact) mass is 327 g/mol. The average Bonchev–Trinajstić information content (AvgIpc) is 3.11. The molecule has 128 valence electrons. The summed E-state index contributed by atoms with van der Waals surface area (Å²) < 4.78 is 0. The van der Waals surface area contributed by atoms with Crippen molar-refractivity contribution in [3.8, 4) is 0 Å². The van der Waals surface area contributed by atoms with Gasteiger partial charge in [-0.3, -0.25) is 9.59 Å². The minimum absolute atomic E-state index is 0.0565. The van der Waals surface area contributed by atoms with Crippen LogP contribution in [0.25, 0.3) is 0 Å². The van der Waals surface area contributed by atoms with Crippen molar-refractivity contribution in [3.05, 3.63) is 35.9 Å². The average molecular weight is 327 g/mol. The number of piperidine rings is 1. The van der Waals surface area contributed by atoms with E-state index in [2.05, 4.69) is 12.0 Å². The lowest BCUT2D eigenvalue weighted by Crippen LogP contribution is -2.42. The molecule has 2 heterocycles. The largest absolute Gasteiger partial charge is 0.340 e. The second kappa shape index (κ2) is 7.60. The standard InChI is InChI=1S/C19H25N3O2/c1-15-7-5-6-13-21(15)18(23)10-11-19(24)22-14-12-17(20-22)16-8-3-2-4-9-16/h2-4,8-9,15H,5-7,10-14H2,1H3. The van der Waals surface area contributed by atoms with Crippen molar-refractivity contribution in [2.24, 2.45) is 5.10 Å². The topological polar surface area (TPSA) is 53.0 Å². The fraction of sp³-hybridized carbons (Fsp3) is 0.526. The van der Waals surface area contributed by atoms with E-state index >= 15 is 0 Å². The summed E-state index contributed by atoms with van der Waals surface area (Å²) in [7, 11) is 0. The van der Waals surface area contributed by atoms with Gasteiger partial charge in [0.25, 0.3) is 0 Å². The zero-order valence-electron chi connectivity index (χ0n) is 14.3. The Kier molecular flexibility index (Phi) is 5.28. The van der Waals surface area contributed by atoms with Gasteiger partial charge in [-0.2, -0.15) is 5.10 Å². The highest BCUT2D eigenvalue weighted by Crippen LogP contribution is 2.19. The van der Waals surface area contributed by atoms with Crippen LogP contribution < -0.4 is 0 Å². The molecule has 1 fully saturated rings. The van der Waals surface area contributed by atoms with Crippen LogP contribution in [0.3, 0.4) is 0 Å². The molecule has 1 aromatic carbocycles. The third-order valence-electron chi connectivity index (χ3n) is 4.87. The van der Waals surface area contributed by atoms with E-state index in [9.17, 15) is 9.59 Å². The van der Waals surface area contributed by atoms with Crippen LogP contribution in [0.15, 0.2) is 35.4 Å². The van der Waals surface area contributed by atoms with Crippen molar-refractivity contribution >= 4 is 17.5 Å². The van der Waals surface area contributed by atoms with E-state index < -0.39 is 0 Å². The number of benzene rings is 1. The number of hydrogen-bond acceptors (Lipinski definition) is 3. The van der Waals surface area contributed by atoms with Crippen LogP contribution in [0.5, 0.6) is 0 Å². The summed E-state index contributed by atoms with van der Waals surface area (Å²) in [6.45, 7) is 3.53. The second-order valence-corrected chi connectivity index (χ2v) is 6.61. The first-order valence-electron chi connectivity index (χ1n) is 8.88. The van der Waals surface area contributed by atoms with E-state index in [0.29, 0.717) is 12.6 Å². The van der Waals surface area contributed by atoms with E-state index in [-0.39, 0.29) is 24.7 Å². The summed E-state index contributed by atoms with van der Waals surface area (Å²) in [5.41, 5.74) is 2.01. The van der Waals surface area contributed by atoms with Gasteiger partial charge < -0.3 is 4.90 Å². The minimum Gasteiger partial charge on any atom is -0.340 e. The van der Waals surface area contributed by atoms with E-state index in [1.165, 1.54) is 11.4 Å². The van der Waals surface area contributed by atoms with Gasteiger partial charge in [-0.25, -0.2) is 5.01 Å². The number of amides is 2. The van der Waals surface area contributed by atoms with Crippen LogP contribution in [0.4, 0.5) is 0 Å². The molecule has 2 amide bonds. The predicted molar refractivity (Wildman–Crippen MR) is 93.6 cm³/mol. The number of nitrogens with zero attached hydrogens (tertiary/aromatic N) is 3. The molecule has 0 saturated carbocycles. The van der Waals surface area contributed by atoms with E-state index in [4.69, 9.17) is 0 Å². The molecule has 1 atom stereocenters. The molecule has 24 heavy (non-hydrogen) atoms. The number of hydrogen-bond donors (Lipinski definition) is 0. The number of rotatable bonds is 4. The molecular weight excluding hydrogens is 302 g/mol. The lowest BCUT2D eigenvalue weighted by Gasteiger charge is -2.33. The van der Waals surface area contributed by atoms with Crippen LogP contribution in [0.2, 0.25) is 0 Å². The highest BCUT2D eigenvalue weighted by Gasteiger charge is 2.25. The molecule has 0 spiro atoms. The van der Waals surface area contributed by atoms with Crippen molar-refractivity contribution in [1.82, 2.24) is 9.91 Å². The summed E-state index contributed by atoms with van der Waals surface area (Å²) in [4.78, 5) is 26.6. The number of likely N-dealkylation sites (tertiary alicyclic amines) is 1. The Labute approximate surface area is 143 Å². The van der Waals surface area contributed by atoms with Crippen LogP contribution >= 0.6 is 0 Å². The quantitative estimate of drug-likeness (QED) is 0.854. The molecule has 2 aliphatic heterocycles. The smallest absolute Gasteiger partial charge is 0.243 e. The molecule has 0 radical (unpaired) electrons. The number of carbonyl (C=O) groups is 2. The highest BCUT2D eigenvalue weighted by atomic mass is 16.2. The number of carbonyl (C=O) groups excluding carboxylic acids is 2. The van der Waals surface area contributed by atoms with Crippen molar-refractivity contribution in [2.45, 2.75) is 51.5 Å². The Balaban J connectivity index is 1.52. The van der Waals surface area contributed by atoms with Gasteiger partial charge in [0.15, 0.2) is 0 Å². The first-order valence-corrected chi connectivity index (χ1v) is 8.88. The van der Waals surface area contributed by atoms with Gasteiger partial charge in [0, 0.05) is 31.8 Å². The third-order valence-corrected chi connectivity index (χ3v) is 4.87. The van der Waals surface area contributed by atoms with Crippen molar-refractivity contribution in [1.29, 1.82) is 0 Å². The van der Waals surface area contributed by atoms with Crippen LogP contribution in [-0.4, -0.2) is 46.6 Å². The molecule has 0 N–H and O–H groups in total. The number of hydrazone groups is 1. The second-order valence-electron chi connectivity index (χ2n) is 6.61. The summed E-state index contributed by atoms with van der Waals surface area (Å²) in [5.74, 6) is 0.0425. The normalized spacial score (nSPS) is 20.9. The van der Waals surface area contributed by atoms with Gasteiger partial charge in [-0.05, 0) is 31.7 Å². The molecule has 3 rings (SSSR count). The molecule has 0 aromatic heterocycles. The van der Waals surface area contributed by atoms with E-state index in [0.717, 1.165) is 37.1 Å². The lowest BCUT2D eigenvalue weighted by molar-refractivity contribution is -0.138. The van der Waals surface area contributed by atoms with E-state index in [1.54, 1.807) is 0 Å². The minimum atomic E-state index is -0.0565. The van der Waals surface area contributed by atoms with Gasteiger partial charge in [0.1, 0.15) is 0 Å². The van der Waals surface area contributed by atoms with Crippen LogP contribution in [0.1, 0.15) is 51.0 Å². The molecule has 0 bridgehead atoms. The summed E-state index contributed by atoms with van der Waals surface area (Å²) >= 11 is 0. The zero-order valence-corrected chi connectivity index (χ0v) is 14.3. The van der Waals surface area contributed by atoms with Crippen molar-refractivity contribution in [2.75, 3.05) is 13.1 Å². The molecule has 1 unspecified atom stereocenters. The zero-order chi connectivity index (χ0) is 16.9. The van der Waals surface area contributed by atoms with Gasteiger partial charge in [0.2, 0.25) is 11.8 Å². The third kappa shape index (κ3) is 3.83.